The molecule has 0 spiro atoms. The Balaban J connectivity index is 1.87. The highest BCUT2D eigenvalue weighted by Crippen LogP contribution is 2.15. The third kappa shape index (κ3) is 4.67. The molecule has 2 aromatic rings. The monoisotopic (exact) mass is 273 g/mol. The zero-order valence-corrected chi connectivity index (χ0v) is 11.7. The molecule has 1 atom stereocenters. The van der Waals surface area contributed by atoms with Gasteiger partial charge in [0, 0.05) is 6.04 Å². The maximum Gasteiger partial charge on any atom is 0.123 e. The highest BCUT2D eigenvalue weighted by atomic mass is 19.1. The first-order valence-corrected chi connectivity index (χ1v) is 6.85. The van der Waals surface area contributed by atoms with Crippen LogP contribution in [0.1, 0.15) is 24.5 Å². The molecule has 0 radical (unpaired) electrons. The summed E-state index contributed by atoms with van der Waals surface area (Å²) in [5.74, 6) is 0.552. The molecule has 2 N–H and O–H groups in total. The van der Waals surface area contributed by atoms with E-state index < -0.39 is 0 Å². The van der Waals surface area contributed by atoms with Gasteiger partial charge in [0.15, 0.2) is 0 Å². The normalized spacial score (nSPS) is 12.2. The van der Waals surface area contributed by atoms with Crippen molar-refractivity contribution in [1.29, 1.82) is 0 Å². The zero-order chi connectivity index (χ0) is 14.4. The molecular formula is C17H20FNO. The Bertz CT molecular complexity index is 537. The molecule has 0 aliphatic carbocycles. The zero-order valence-electron chi connectivity index (χ0n) is 11.7. The van der Waals surface area contributed by atoms with E-state index in [1.807, 2.05) is 37.3 Å². The molecule has 1 unspecified atom stereocenters. The van der Waals surface area contributed by atoms with Crippen molar-refractivity contribution in [3.05, 3.63) is 65.5 Å². The molecule has 20 heavy (non-hydrogen) atoms. The Hall–Kier alpha value is -1.87. The number of halogens is 1. The second-order valence-corrected chi connectivity index (χ2v) is 5.08. The number of nitrogens with two attached hydrogens (primary N) is 1. The van der Waals surface area contributed by atoms with Crippen molar-refractivity contribution in [2.45, 2.75) is 32.4 Å². The molecule has 0 amide bonds. The molecule has 0 aliphatic heterocycles. The lowest BCUT2D eigenvalue weighted by Crippen LogP contribution is -2.15. The van der Waals surface area contributed by atoms with Gasteiger partial charge in [0.2, 0.25) is 0 Å². The van der Waals surface area contributed by atoms with E-state index in [4.69, 9.17) is 10.5 Å². The summed E-state index contributed by atoms with van der Waals surface area (Å²) >= 11 is 0. The van der Waals surface area contributed by atoms with E-state index in [1.54, 1.807) is 6.07 Å². The highest BCUT2D eigenvalue weighted by Gasteiger charge is 2.00. The van der Waals surface area contributed by atoms with E-state index in [0.717, 1.165) is 24.2 Å². The van der Waals surface area contributed by atoms with Gasteiger partial charge < -0.3 is 10.5 Å². The molecule has 0 saturated heterocycles. The van der Waals surface area contributed by atoms with Crippen molar-refractivity contribution >= 4 is 0 Å². The van der Waals surface area contributed by atoms with Gasteiger partial charge in [-0.2, -0.15) is 0 Å². The van der Waals surface area contributed by atoms with Crippen LogP contribution in [0, 0.1) is 5.82 Å². The van der Waals surface area contributed by atoms with E-state index in [9.17, 15) is 4.39 Å². The van der Waals surface area contributed by atoms with Crippen LogP contribution in [0.25, 0.3) is 0 Å². The summed E-state index contributed by atoms with van der Waals surface area (Å²) in [5, 5.41) is 0. The van der Waals surface area contributed by atoms with E-state index in [0.29, 0.717) is 6.61 Å². The number of aryl methyl sites for hydroxylation is 1. The Morgan fingerprint density at radius 3 is 2.50 bits per heavy atom. The van der Waals surface area contributed by atoms with Crippen LogP contribution in [0.4, 0.5) is 4.39 Å². The molecule has 3 heteroatoms. The van der Waals surface area contributed by atoms with Crippen molar-refractivity contribution in [1.82, 2.24) is 0 Å². The molecule has 0 saturated carbocycles. The van der Waals surface area contributed by atoms with Crippen LogP contribution in [0.15, 0.2) is 48.5 Å². The summed E-state index contributed by atoms with van der Waals surface area (Å²) in [6.45, 7) is 2.38. The molecule has 0 bridgehead atoms. The van der Waals surface area contributed by atoms with Gasteiger partial charge in [-0.15, -0.1) is 0 Å². The topological polar surface area (TPSA) is 35.2 Å². The minimum absolute atomic E-state index is 0.221. The van der Waals surface area contributed by atoms with E-state index in [-0.39, 0.29) is 11.9 Å². The first-order chi connectivity index (χ1) is 9.63. The lowest BCUT2D eigenvalue weighted by atomic mass is 10.1. The number of rotatable bonds is 6. The minimum atomic E-state index is -0.239. The van der Waals surface area contributed by atoms with Crippen LogP contribution in [-0.2, 0) is 13.0 Å². The van der Waals surface area contributed by atoms with E-state index in [1.165, 1.54) is 17.7 Å². The standard InChI is InChI=1S/C17H20FNO/c1-13(19)5-6-14-7-9-17(10-8-14)20-12-15-3-2-4-16(18)11-15/h2-4,7-11,13H,5-6,12,19H2,1H3. The van der Waals surface area contributed by atoms with Gasteiger partial charge in [-0.1, -0.05) is 24.3 Å². The average Bonchev–Trinajstić information content (AvgIpc) is 2.44. The summed E-state index contributed by atoms with van der Waals surface area (Å²) in [6, 6.07) is 14.6. The smallest absolute Gasteiger partial charge is 0.123 e. The predicted octanol–water partition coefficient (Wildman–Crippen LogP) is 3.68. The molecule has 2 rings (SSSR count). The second kappa shape index (κ2) is 7.06. The first-order valence-electron chi connectivity index (χ1n) is 6.85. The van der Waals surface area contributed by atoms with Gasteiger partial charge in [-0.05, 0) is 55.2 Å². The van der Waals surface area contributed by atoms with Gasteiger partial charge in [-0.25, -0.2) is 4.39 Å². The van der Waals surface area contributed by atoms with Crippen molar-refractivity contribution in [3.8, 4) is 5.75 Å². The summed E-state index contributed by atoms with van der Waals surface area (Å²) in [7, 11) is 0. The fourth-order valence-electron chi connectivity index (χ4n) is 1.94. The molecule has 2 nitrogen and oxygen atoms in total. The summed E-state index contributed by atoms with van der Waals surface area (Å²) in [5.41, 5.74) is 7.81. The summed E-state index contributed by atoms with van der Waals surface area (Å²) in [6.07, 6.45) is 1.95. The molecule has 0 aromatic heterocycles. The maximum atomic E-state index is 13.0. The van der Waals surface area contributed by atoms with Gasteiger partial charge in [-0.3, -0.25) is 0 Å². The van der Waals surface area contributed by atoms with E-state index in [2.05, 4.69) is 0 Å². The van der Waals surface area contributed by atoms with Gasteiger partial charge in [0.25, 0.3) is 0 Å². The van der Waals surface area contributed by atoms with Crippen molar-refractivity contribution < 1.29 is 9.13 Å². The SMILES string of the molecule is CC(N)CCc1ccc(OCc2cccc(F)c2)cc1. The van der Waals surface area contributed by atoms with E-state index >= 15 is 0 Å². The quantitative estimate of drug-likeness (QED) is 0.871. The van der Waals surface area contributed by atoms with Crippen LogP contribution >= 0.6 is 0 Å². The van der Waals surface area contributed by atoms with Crippen LogP contribution in [-0.4, -0.2) is 6.04 Å². The number of benzene rings is 2. The predicted molar refractivity (Wildman–Crippen MR) is 79.1 cm³/mol. The Morgan fingerprint density at radius 1 is 1.10 bits per heavy atom. The largest absolute Gasteiger partial charge is 0.489 e. The number of hydrogen-bond acceptors (Lipinski definition) is 2. The number of hydrogen-bond donors (Lipinski definition) is 1. The number of ether oxygens (including phenoxy) is 1. The molecule has 2 aromatic carbocycles. The third-order valence-electron chi connectivity index (χ3n) is 3.11. The molecule has 0 heterocycles. The third-order valence-corrected chi connectivity index (χ3v) is 3.11. The van der Waals surface area contributed by atoms with Crippen molar-refractivity contribution in [2.75, 3.05) is 0 Å². The first kappa shape index (κ1) is 14.5. The van der Waals surface area contributed by atoms with Crippen molar-refractivity contribution in [3.63, 3.8) is 0 Å². The Labute approximate surface area is 119 Å². The summed E-state index contributed by atoms with van der Waals surface area (Å²) in [4.78, 5) is 0. The minimum Gasteiger partial charge on any atom is -0.489 e. The van der Waals surface area contributed by atoms with Crippen LogP contribution in [0.2, 0.25) is 0 Å². The molecule has 0 aliphatic rings. The van der Waals surface area contributed by atoms with Gasteiger partial charge in [0.05, 0.1) is 0 Å². The summed E-state index contributed by atoms with van der Waals surface area (Å²) < 4.78 is 18.7. The molecule has 106 valence electrons. The Kier molecular flexibility index (Phi) is 5.13. The average molecular weight is 273 g/mol. The second-order valence-electron chi connectivity index (χ2n) is 5.08. The van der Waals surface area contributed by atoms with Gasteiger partial charge in [0.1, 0.15) is 18.2 Å². The highest BCUT2D eigenvalue weighted by molar-refractivity contribution is 5.28. The lowest BCUT2D eigenvalue weighted by Gasteiger charge is -2.08. The van der Waals surface area contributed by atoms with Crippen LogP contribution in [0.3, 0.4) is 0 Å². The fourth-order valence-corrected chi connectivity index (χ4v) is 1.94. The van der Waals surface area contributed by atoms with Gasteiger partial charge >= 0.3 is 0 Å². The fraction of sp³-hybridized carbons (Fsp3) is 0.294. The van der Waals surface area contributed by atoms with Crippen LogP contribution < -0.4 is 10.5 Å². The molecule has 0 fully saturated rings. The molecular weight excluding hydrogens is 253 g/mol. The Morgan fingerprint density at radius 2 is 1.85 bits per heavy atom. The maximum absolute atomic E-state index is 13.0. The van der Waals surface area contributed by atoms with Crippen molar-refractivity contribution in [2.24, 2.45) is 5.73 Å². The van der Waals surface area contributed by atoms with Crippen LogP contribution in [0.5, 0.6) is 5.75 Å². The lowest BCUT2D eigenvalue weighted by molar-refractivity contribution is 0.305.